The van der Waals surface area contributed by atoms with E-state index in [0.717, 1.165) is 0 Å². The van der Waals surface area contributed by atoms with Crippen molar-refractivity contribution in [3.05, 3.63) is 65.2 Å². The molecule has 0 aliphatic heterocycles. The van der Waals surface area contributed by atoms with Gasteiger partial charge in [-0.15, -0.1) is 13.2 Å². The highest BCUT2D eigenvalue weighted by molar-refractivity contribution is 5.79. The summed E-state index contributed by atoms with van der Waals surface area (Å²) in [5.41, 5.74) is 1.48. The summed E-state index contributed by atoms with van der Waals surface area (Å²) in [4.78, 5) is 4.98. The highest BCUT2D eigenvalue weighted by Gasteiger charge is 2.31. The van der Waals surface area contributed by atoms with E-state index in [1.54, 1.807) is 30.3 Å². The molecule has 7 heteroatoms. The Bertz CT molecular complexity index is 737. The SMILES string of the molecule is N#Cc1cccc([C]=NOCc2cccc(OC(F)(F)F)c2)c1. The van der Waals surface area contributed by atoms with Gasteiger partial charge >= 0.3 is 6.36 Å². The van der Waals surface area contributed by atoms with Crippen LogP contribution in [0, 0.1) is 11.3 Å². The lowest BCUT2D eigenvalue weighted by Gasteiger charge is -2.09. The van der Waals surface area contributed by atoms with Crippen molar-refractivity contribution in [2.75, 3.05) is 0 Å². The number of hydrogen-bond donors (Lipinski definition) is 0. The maximum absolute atomic E-state index is 12.1. The van der Waals surface area contributed by atoms with E-state index in [2.05, 4.69) is 16.1 Å². The average Bonchev–Trinajstić information content (AvgIpc) is 2.50. The van der Waals surface area contributed by atoms with Crippen molar-refractivity contribution in [3.63, 3.8) is 0 Å². The number of benzene rings is 2. The molecule has 0 unspecified atom stereocenters. The first-order valence-corrected chi connectivity index (χ1v) is 6.39. The molecular formula is C16H10F3N2O2. The van der Waals surface area contributed by atoms with Crippen LogP contribution in [0.3, 0.4) is 0 Å². The summed E-state index contributed by atoms with van der Waals surface area (Å²) >= 11 is 0. The van der Waals surface area contributed by atoms with Gasteiger partial charge in [0.2, 0.25) is 0 Å². The van der Waals surface area contributed by atoms with Crippen molar-refractivity contribution in [3.8, 4) is 11.8 Å². The van der Waals surface area contributed by atoms with Crippen LogP contribution >= 0.6 is 0 Å². The summed E-state index contributed by atoms with van der Waals surface area (Å²) < 4.78 is 40.2. The first-order valence-electron chi connectivity index (χ1n) is 6.39. The van der Waals surface area contributed by atoms with Crippen LogP contribution < -0.4 is 4.74 Å². The normalized spacial score (nSPS) is 11.2. The Kier molecular flexibility index (Phi) is 5.20. The van der Waals surface area contributed by atoms with Gasteiger partial charge in [0.25, 0.3) is 0 Å². The number of nitriles is 1. The molecule has 0 aromatic heterocycles. The summed E-state index contributed by atoms with van der Waals surface area (Å²) in [5, 5.41) is 12.4. The largest absolute Gasteiger partial charge is 0.573 e. The molecular weight excluding hydrogens is 309 g/mol. The van der Waals surface area contributed by atoms with Gasteiger partial charge in [-0.1, -0.05) is 29.4 Å². The number of rotatable bonds is 5. The minimum Gasteiger partial charge on any atom is -0.406 e. The molecule has 0 spiro atoms. The minimum absolute atomic E-state index is 0.0417. The highest BCUT2D eigenvalue weighted by atomic mass is 19.4. The van der Waals surface area contributed by atoms with E-state index in [0.29, 0.717) is 16.7 Å². The molecule has 2 aromatic rings. The number of nitrogens with zero attached hydrogens (tertiary/aromatic N) is 2. The quantitative estimate of drug-likeness (QED) is 0.621. The Balaban J connectivity index is 1.92. The van der Waals surface area contributed by atoms with Crippen molar-refractivity contribution in [2.45, 2.75) is 13.0 Å². The molecule has 0 atom stereocenters. The molecule has 1 radical (unpaired) electrons. The fraction of sp³-hybridized carbons (Fsp3) is 0.125. The Morgan fingerprint density at radius 1 is 1.04 bits per heavy atom. The molecule has 0 saturated carbocycles. The molecule has 0 bridgehead atoms. The van der Waals surface area contributed by atoms with Crippen LogP contribution in [0.4, 0.5) is 13.2 Å². The first-order chi connectivity index (χ1) is 11.0. The van der Waals surface area contributed by atoms with Crippen molar-refractivity contribution < 1.29 is 22.7 Å². The van der Waals surface area contributed by atoms with Crippen LogP contribution in [0.5, 0.6) is 5.75 Å². The van der Waals surface area contributed by atoms with Crippen molar-refractivity contribution in [1.82, 2.24) is 0 Å². The first kappa shape index (κ1) is 16.4. The maximum atomic E-state index is 12.1. The van der Waals surface area contributed by atoms with Gasteiger partial charge in [-0.3, -0.25) is 0 Å². The number of ether oxygens (including phenoxy) is 1. The molecule has 2 aromatic carbocycles. The molecule has 0 aliphatic carbocycles. The van der Waals surface area contributed by atoms with Crippen LogP contribution in [0.2, 0.25) is 0 Å². The van der Waals surface area contributed by atoms with Crippen molar-refractivity contribution >= 4 is 6.21 Å². The standard InChI is InChI=1S/C16H10F3N2O2/c17-16(18,19)23-15-6-2-5-14(8-15)11-22-21-10-13-4-1-3-12(7-13)9-20/h1-8H,11H2. The summed E-state index contributed by atoms with van der Waals surface area (Å²) in [6.07, 6.45) is -2.16. The molecule has 117 valence electrons. The summed E-state index contributed by atoms with van der Waals surface area (Å²) in [6, 6.07) is 14.0. The second-order valence-corrected chi connectivity index (χ2v) is 4.36. The van der Waals surface area contributed by atoms with E-state index in [4.69, 9.17) is 10.1 Å². The molecule has 0 saturated heterocycles. The van der Waals surface area contributed by atoms with E-state index in [1.807, 2.05) is 6.07 Å². The van der Waals surface area contributed by atoms with E-state index in [-0.39, 0.29) is 12.4 Å². The third-order valence-electron chi connectivity index (χ3n) is 2.59. The molecule has 0 aliphatic rings. The molecule has 23 heavy (non-hydrogen) atoms. The van der Waals surface area contributed by atoms with Crippen molar-refractivity contribution in [2.24, 2.45) is 5.16 Å². The van der Waals surface area contributed by atoms with Gasteiger partial charge in [-0.2, -0.15) is 5.26 Å². The summed E-state index contributed by atoms with van der Waals surface area (Å²) in [5.74, 6) is -0.326. The highest BCUT2D eigenvalue weighted by Crippen LogP contribution is 2.23. The summed E-state index contributed by atoms with van der Waals surface area (Å²) in [7, 11) is 0. The van der Waals surface area contributed by atoms with Crippen molar-refractivity contribution in [1.29, 1.82) is 5.26 Å². The van der Waals surface area contributed by atoms with E-state index >= 15 is 0 Å². The lowest BCUT2D eigenvalue weighted by atomic mass is 10.1. The second kappa shape index (κ2) is 7.31. The van der Waals surface area contributed by atoms with Gasteiger partial charge in [0.1, 0.15) is 18.6 Å². The molecule has 0 fully saturated rings. The number of alkyl halides is 3. The third-order valence-corrected chi connectivity index (χ3v) is 2.59. The Labute approximate surface area is 130 Å². The van der Waals surface area contributed by atoms with Gasteiger partial charge in [0, 0.05) is 5.56 Å². The van der Waals surface area contributed by atoms with Gasteiger partial charge in [0.05, 0.1) is 11.6 Å². The number of halogens is 3. The minimum atomic E-state index is -4.74. The van der Waals surface area contributed by atoms with Gasteiger partial charge in [-0.05, 0) is 29.8 Å². The zero-order valence-electron chi connectivity index (χ0n) is 11.7. The fourth-order valence-electron chi connectivity index (χ4n) is 1.68. The Hall–Kier alpha value is -3.01. The second-order valence-electron chi connectivity index (χ2n) is 4.36. The molecule has 0 N–H and O–H groups in total. The van der Waals surface area contributed by atoms with Gasteiger partial charge in [0.15, 0.2) is 0 Å². The number of hydrogen-bond acceptors (Lipinski definition) is 4. The fourth-order valence-corrected chi connectivity index (χ4v) is 1.68. The van der Waals surface area contributed by atoms with E-state index in [9.17, 15) is 13.2 Å². The monoisotopic (exact) mass is 319 g/mol. The van der Waals surface area contributed by atoms with Gasteiger partial charge < -0.3 is 9.57 Å². The molecule has 4 nitrogen and oxygen atoms in total. The summed E-state index contributed by atoms with van der Waals surface area (Å²) in [6.45, 7) is -0.0417. The van der Waals surface area contributed by atoms with Crippen LogP contribution in [-0.4, -0.2) is 12.6 Å². The van der Waals surface area contributed by atoms with E-state index in [1.165, 1.54) is 18.2 Å². The van der Waals surface area contributed by atoms with Gasteiger partial charge in [-0.25, -0.2) is 0 Å². The van der Waals surface area contributed by atoms with E-state index < -0.39 is 6.36 Å². The van der Waals surface area contributed by atoms with Crippen LogP contribution in [0.25, 0.3) is 0 Å². The van der Waals surface area contributed by atoms with Crippen LogP contribution in [0.1, 0.15) is 16.7 Å². The smallest absolute Gasteiger partial charge is 0.406 e. The van der Waals surface area contributed by atoms with Crippen LogP contribution in [0.15, 0.2) is 53.7 Å². The predicted molar refractivity (Wildman–Crippen MR) is 75.6 cm³/mol. The molecule has 0 heterocycles. The third kappa shape index (κ3) is 5.71. The lowest BCUT2D eigenvalue weighted by Crippen LogP contribution is -2.17. The molecule has 2 rings (SSSR count). The Morgan fingerprint density at radius 3 is 2.52 bits per heavy atom. The average molecular weight is 319 g/mol. The predicted octanol–water partition coefficient (Wildman–Crippen LogP) is 3.88. The van der Waals surface area contributed by atoms with Crippen LogP contribution in [-0.2, 0) is 11.4 Å². The topological polar surface area (TPSA) is 54.6 Å². The zero-order chi connectivity index (χ0) is 16.7. The zero-order valence-corrected chi connectivity index (χ0v) is 11.7. The molecule has 0 amide bonds. The Morgan fingerprint density at radius 2 is 1.78 bits per heavy atom. The maximum Gasteiger partial charge on any atom is 0.573 e. The lowest BCUT2D eigenvalue weighted by molar-refractivity contribution is -0.274.